The van der Waals surface area contributed by atoms with E-state index in [4.69, 9.17) is 17.0 Å². The molecule has 7 nitrogen and oxygen atoms in total. The molecule has 0 saturated carbocycles. The van der Waals surface area contributed by atoms with Crippen molar-refractivity contribution in [3.8, 4) is 11.6 Å². The molecule has 0 amide bonds. The molecule has 5 rings (SSSR count). The Bertz CT molecular complexity index is 1400. The van der Waals surface area contributed by atoms with Gasteiger partial charge in [-0.15, -0.1) is 0 Å². The number of benzene rings is 2. The Kier molecular flexibility index (Phi) is 5.32. The highest BCUT2D eigenvalue weighted by Gasteiger charge is 2.30. The van der Waals surface area contributed by atoms with E-state index in [-0.39, 0.29) is 21.8 Å². The van der Waals surface area contributed by atoms with Crippen molar-refractivity contribution in [2.75, 3.05) is 13.7 Å². The molecule has 0 spiro atoms. The van der Waals surface area contributed by atoms with Crippen molar-refractivity contribution in [3.05, 3.63) is 86.0 Å². The summed E-state index contributed by atoms with van der Waals surface area (Å²) in [6, 6.07) is 15.4. The molecule has 2 aromatic heterocycles. The molecule has 1 atom stereocenters. The lowest BCUT2D eigenvalue weighted by atomic mass is 9.95. The maximum absolute atomic E-state index is 12.9. The van der Waals surface area contributed by atoms with Gasteiger partial charge in [0.1, 0.15) is 11.3 Å². The van der Waals surface area contributed by atoms with Gasteiger partial charge < -0.3 is 20.1 Å². The van der Waals surface area contributed by atoms with Gasteiger partial charge in [0.05, 0.1) is 13.2 Å². The molecular weight excluding hydrogens is 424 g/mol. The molecule has 4 N–H and O–H groups in total. The largest absolute Gasteiger partial charge is 0.497 e. The number of hydrogen-bond acceptors (Lipinski definition) is 5. The number of nitrogens with one attached hydrogen (secondary N) is 3. The van der Waals surface area contributed by atoms with E-state index in [1.807, 2.05) is 48.5 Å². The molecule has 2 aromatic carbocycles. The minimum absolute atomic E-state index is 0.101. The third-order valence-corrected chi connectivity index (χ3v) is 6.44. The Hall–Kier alpha value is -3.36. The number of aromatic nitrogens is 3. The molecule has 32 heavy (non-hydrogen) atoms. The van der Waals surface area contributed by atoms with Gasteiger partial charge in [0, 0.05) is 29.7 Å². The highest BCUT2D eigenvalue weighted by Crippen LogP contribution is 2.36. The van der Waals surface area contributed by atoms with Gasteiger partial charge >= 0.3 is 0 Å². The summed E-state index contributed by atoms with van der Waals surface area (Å²) in [4.78, 5) is 19.1. The maximum Gasteiger partial charge on any atom is 0.260 e. The molecule has 1 aliphatic rings. The number of nitrogens with zero attached hydrogens (tertiary/aromatic N) is 1. The van der Waals surface area contributed by atoms with Crippen LogP contribution >= 0.6 is 12.2 Å². The van der Waals surface area contributed by atoms with E-state index in [2.05, 4.69) is 15.3 Å². The average Bonchev–Trinajstić information content (AvgIpc) is 3.18. The molecule has 1 aliphatic heterocycles. The van der Waals surface area contributed by atoms with Gasteiger partial charge in [-0.2, -0.15) is 0 Å². The molecule has 4 aromatic rings. The van der Waals surface area contributed by atoms with Crippen LogP contribution in [0.25, 0.3) is 10.9 Å². The zero-order valence-electron chi connectivity index (χ0n) is 17.6. The Morgan fingerprint density at radius 1 is 1.19 bits per heavy atom. The number of methoxy groups -OCH3 is 1. The molecule has 164 valence electrons. The lowest BCUT2D eigenvalue weighted by Gasteiger charge is -2.25. The normalized spacial score (nSPS) is 15.6. The topological polar surface area (TPSA) is 95.1 Å². The van der Waals surface area contributed by atoms with Gasteiger partial charge in [-0.05, 0) is 54.4 Å². The lowest BCUT2D eigenvalue weighted by Crippen LogP contribution is -2.35. The van der Waals surface area contributed by atoms with Crippen molar-refractivity contribution in [3.63, 3.8) is 0 Å². The van der Waals surface area contributed by atoms with Crippen molar-refractivity contribution in [1.82, 2.24) is 19.9 Å². The van der Waals surface area contributed by atoms with Crippen LogP contribution in [-0.4, -0.2) is 33.3 Å². The van der Waals surface area contributed by atoms with Crippen molar-refractivity contribution in [2.24, 2.45) is 0 Å². The van der Waals surface area contributed by atoms with E-state index in [1.54, 1.807) is 11.7 Å². The number of aromatic hydroxyl groups is 1. The van der Waals surface area contributed by atoms with Gasteiger partial charge in [0.15, 0.2) is 4.77 Å². The maximum atomic E-state index is 12.9. The first-order chi connectivity index (χ1) is 15.6. The minimum Gasteiger partial charge on any atom is -0.497 e. The summed E-state index contributed by atoms with van der Waals surface area (Å²) < 4.78 is 7.20. The van der Waals surface area contributed by atoms with E-state index in [9.17, 15) is 9.90 Å². The van der Waals surface area contributed by atoms with Crippen LogP contribution in [-0.2, 0) is 19.4 Å². The number of H-pyrrole nitrogens is 2. The average molecular weight is 449 g/mol. The molecule has 0 aliphatic carbocycles. The zero-order chi connectivity index (χ0) is 22.2. The standard InChI is InChI=1S/C24H24N4O3S/c1-31-15-7-8-18-17(13-15)16-9-11-25-21(20(16)26-18)19-22(29)27-24(32)28(23(19)30)12-10-14-5-3-2-4-6-14/h2-8,13,21,25-26,30H,9-12H2,1H3,(H,27,29,32)/t21-/m0/s1. The fourth-order valence-corrected chi connectivity index (χ4v) is 4.78. The van der Waals surface area contributed by atoms with Crippen molar-refractivity contribution in [2.45, 2.75) is 25.4 Å². The first-order valence-corrected chi connectivity index (χ1v) is 11.0. The number of aryl methyl sites for hydroxylation is 1. The summed E-state index contributed by atoms with van der Waals surface area (Å²) >= 11 is 5.37. The van der Waals surface area contributed by atoms with Gasteiger partial charge in [-0.3, -0.25) is 14.3 Å². The van der Waals surface area contributed by atoms with Crippen LogP contribution in [0.4, 0.5) is 0 Å². The van der Waals surface area contributed by atoms with Crippen LogP contribution in [0.2, 0.25) is 0 Å². The number of ether oxygens (including phenoxy) is 1. The SMILES string of the molecule is COc1ccc2[nH]c3c(c2c1)CCN[C@H]3c1c(O)n(CCc2ccccc2)c(=S)[nH]c1=O. The number of hydrogen-bond donors (Lipinski definition) is 4. The van der Waals surface area contributed by atoms with Crippen molar-refractivity contribution >= 4 is 23.1 Å². The van der Waals surface area contributed by atoms with Gasteiger partial charge in [-0.25, -0.2) is 0 Å². The molecule has 8 heteroatoms. The summed E-state index contributed by atoms with van der Waals surface area (Å²) in [6.45, 7) is 1.14. The van der Waals surface area contributed by atoms with Crippen LogP contribution in [0.1, 0.15) is 28.4 Å². The van der Waals surface area contributed by atoms with E-state index in [0.717, 1.165) is 39.9 Å². The Labute approximate surface area is 189 Å². The summed E-state index contributed by atoms with van der Waals surface area (Å²) in [6.07, 6.45) is 1.49. The minimum atomic E-state index is -0.473. The lowest BCUT2D eigenvalue weighted by molar-refractivity contribution is 0.386. The highest BCUT2D eigenvalue weighted by atomic mass is 32.1. The number of rotatable bonds is 5. The third kappa shape index (κ3) is 3.51. The van der Waals surface area contributed by atoms with Crippen LogP contribution < -0.4 is 15.6 Å². The van der Waals surface area contributed by atoms with Gasteiger partial charge in [0.2, 0.25) is 5.88 Å². The van der Waals surface area contributed by atoms with E-state index in [0.29, 0.717) is 19.5 Å². The van der Waals surface area contributed by atoms with E-state index in [1.165, 1.54) is 0 Å². The summed E-state index contributed by atoms with van der Waals surface area (Å²) in [5.74, 6) is 0.681. The Morgan fingerprint density at radius 3 is 2.78 bits per heavy atom. The number of aromatic amines is 2. The summed E-state index contributed by atoms with van der Waals surface area (Å²) in [5, 5.41) is 15.6. The molecule has 0 radical (unpaired) electrons. The predicted octanol–water partition coefficient (Wildman–Crippen LogP) is 3.58. The molecule has 0 fully saturated rings. The summed E-state index contributed by atoms with van der Waals surface area (Å²) in [5.41, 5.74) is 3.99. The summed E-state index contributed by atoms with van der Waals surface area (Å²) in [7, 11) is 1.65. The number of fused-ring (bicyclic) bond motifs is 3. The van der Waals surface area contributed by atoms with Crippen LogP contribution in [0.5, 0.6) is 11.6 Å². The van der Waals surface area contributed by atoms with Crippen LogP contribution in [0.15, 0.2) is 53.3 Å². The second-order valence-corrected chi connectivity index (χ2v) is 8.34. The first kappa shape index (κ1) is 20.5. The van der Waals surface area contributed by atoms with Crippen molar-refractivity contribution < 1.29 is 9.84 Å². The highest BCUT2D eigenvalue weighted by molar-refractivity contribution is 7.71. The molecule has 0 unspecified atom stereocenters. The third-order valence-electron chi connectivity index (χ3n) is 6.12. The molecule has 0 saturated heterocycles. The van der Waals surface area contributed by atoms with Gasteiger partial charge in [0.25, 0.3) is 5.56 Å². The monoisotopic (exact) mass is 448 g/mol. The second-order valence-electron chi connectivity index (χ2n) is 7.95. The fraction of sp³-hybridized carbons (Fsp3) is 0.250. The quantitative estimate of drug-likeness (QED) is 0.350. The first-order valence-electron chi connectivity index (χ1n) is 10.6. The van der Waals surface area contributed by atoms with Gasteiger partial charge in [-0.1, -0.05) is 30.3 Å². The zero-order valence-corrected chi connectivity index (χ0v) is 18.5. The van der Waals surface area contributed by atoms with Crippen LogP contribution in [0.3, 0.4) is 0 Å². The Morgan fingerprint density at radius 2 is 2.00 bits per heavy atom. The van der Waals surface area contributed by atoms with Crippen molar-refractivity contribution in [1.29, 1.82) is 0 Å². The molecule has 0 bridgehead atoms. The van der Waals surface area contributed by atoms with E-state index >= 15 is 0 Å². The Balaban J connectivity index is 1.58. The van der Waals surface area contributed by atoms with Crippen LogP contribution in [0, 0.1) is 4.77 Å². The van der Waals surface area contributed by atoms with E-state index < -0.39 is 6.04 Å². The molecular formula is C24H24N4O3S. The smallest absolute Gasteiger partial charge is 0.260 e. The fourth-order valence-electron chi connectivity index (χ4n) is 4.51. The molecule has 3 heterocycles. The predicted molar refractivity (Wildman–Crippen MR) is 126 cm³/mol. The second kappa shape index (κ2) is 8.29.